The van der Waals surface area contributed by atoms with Gasteiger partial charge in [0.1, 0.15) is 11.5 Å². The third-order valence-electron chi connectivity index (χ3n) is 5.46. The molecule has 4 rings (SSSR count). The number of rotatable bonds is 7. The molecular formula is C25H24BrN3O5. The largest absolute Gasteiger partial charge is 0.497 e. The summed E-state index contributed by atoms with van der Waals surface area (Å²) in [6, 6.07) is 18.1. The van der Waals surface area contributed by atoms with Gasteiger partial charge in [-0.25, -0.2) is 4.79 Å². The number of amides is 3. The van der Waals surface area contributed by atoms with Crippen molar-refractivity contribution in [2.75, 3.05) is 23.9 Å². The highest BCUT2D eigenvalue weighted by Gasteiger charge is 2.52. The van der Waals surface area contributed by atoms with Crippen LogP contribution in [0.15, 0.2) is 71.2 Å². The van der Waals surface area contributed by atoms with E-state index >= 15 is 0 Å². The van der Waals surface area contributed by atoms with Crippen molar-refractivity contribution in [2.45, 2.75) is 19.2 Å². The molecule has 8 nitrogen and oxygen atoms in total. The number of hydrogen-bond acceptors (Lipinski definition) is 5. The van der Waals surface area contributed by atoms with Crippen molar-refractivity contribution in [3.05, 3.63) is 82.3 Å². The fraction of sp³-hybridized carbons (Fsp3) is 0.200. The first-order chi connectivity index (χ1) is 16.4. The van der Waals surface area contributed by atoms with Crippen LogP contribution in [0.2, 0.25) is 0 Å². The van der Waals surface area contributed by atoms with Crippen molar-refractivity contribution in [3.8, 4) is 11.5 Å². The van der Waals surface area contributed by atoms with Gasteiger partial charge in [-0.05, 0) is 67.1 Å². The second-order valence-corrected chi connectivity index (χ2v) is 8.50. The van der Waals surface area contributed by atoms with Crippen LogP contribution in [0.25, 0.3) is 0 Å². The van der Waals surface area contributed by atoms with Gasteiger partial charge in [-0.2, -0.15) is 0 Å². The molecule has 1 aliphatic heterocycles. The van der Waals surface area contributed by atoms with E-state index in [1.165, 1.54) is 0 Å². The maximum atomic E-state index is 13.5. The summed E-state index contributed by atoms with van der Waals surface area (Å²) in [5, 5.41) is 17.4. The summed E-state index contributed by atoms with van der Waals surface area (Å²) in [7, 11) is 1.57. The fourth-order valence-electron chi connectivity index (χ4n) is 3.79. The van der Waals surface area contributed by atoms with Gasteiger partial charge in [-0.1, -0.05) is 28.1 Å². The Morgan fingerprint density at radius 1 is 1.09 bits per heavy atom. The van der Waals surface area contributed by atoms with E-state index in [1.54, 1.807) is 61.7 Å². The Labute approximate surface area is 205 Å². The fourth-order valence-corrected chi connectivity index (χ4v) is 4.15. The Kier molecular flexibility index (Phi) is 6.76. The van der Waals surface area contributed by atoms with Gasteiger partial charge < -0.3 is 25.2 Å². The highest BCUT2D eigenvalue weighted by atomic mass is 79.9. The number of aliphatic hydroxyl groups is 1. The predicted molar refractivity (Wildman–Crippen MR) is 132 cm³/mol. The van der Waals surface area contributed by atoms with Crippen molar-refractivity contribution in [1.29, 1.82) is 0 Å². The minimum atomic E-state index is -2.30. The van der Waals surface area contributed by atoms with Crippen LogP contribution in [0.3, 0.4) is 0 Å². The van der Waals surface area contributed by atoms with E-state index in [0.717, 1.165) is 10.5 Å². The van der Waals surface area contributed by atoms with E-state index in [0.29, 0.717) is 34.0 Å². The molecule has 176 valence electrons. The van der Waals surface area contributed by atoms with Crippen LogP contribution in [0.5, 0.6) is 11.5 Å². The summed E-state index contributed by atoms with van der Waals surface area (Å²) in [4.78, 5) is 27.7. The number of benzene rings is 3. The zero-order chi connectivity index (χ0) is 24.3. The molecule has 3 aromatic rings. The molecule has 0 aliphatic carbocycles. The van der Waals surface area contributed by atoms with Crippen molar-refractivity contribution in [3.63, 3.8) is 0 Å². The number of nitrogens with zero attached hydrogens (tertiary/aromatic N) is 1. The topological polar surface area (TPSA) is 100 Å². The second kappa shape index (κ2) is 9.74. The van der Waals surface area contributed by atoms with Crippen molar-refractivity contribution < 1.29 is 24.2 Å². The maximum Gasteiger partial charge on any atom is 0.329 e. The molecule has 0 saturated heterocycles. The normalized spacial score (nSPS) is 16.9. The SMILES string of the molecule is CCOc1ccc(N2C(=O)Nc3ccc(Br)cc3[C@]2(O)C(=O)NCc2ccc(OC)cc2)cc1. The Morgan fingerprint density at radius 2 is 1.76 bits per heavy atom. The molecule has 0 spiro atoms. The lowest BCUT2D eigenvalue weighted by molar-refractivity contribution is -0.140. The lowest BCUT2D eigenvalue weighted by Crippen LogP contribution is -2.62. The van der Waals surface area contributed by atoms with Gasteiger partial charge in [0.2, 0.25) is 0 Å². The smallest absolute Gasteiger partial charge is 0.329 e. The van der Waals surface area contributed by atoms with E-state index in [2.05, 4.69) is 26.6 Å². The number of ether oxygens (including phenoxy) is 2. The summed E-state index contributed by atoms with van der Waals surface area (Å²) in [5.74, 6) is 0.559. The molecule has 0 bridgehead atoms. The van der Waals surface area contributed by atoms with Gasteiger partial charge in [0.15, 0.2) is 0 Å². The minimum absolute atomic E-state index is 0.146. The molecule has 1 atom stereocenters. The number of halogens is 1. The first kappa shape index (κ1) is 23.6. The number of carbonyl (C=O) groups is 2. The number of urea groups is 1. The van der Waals surface area contributed by atoms with E-state index < -0.39 is 17.7 Å². The third-order valence-corrected chi connectivity index (χ3v) is 5.95. The van der Waals surface area contributed by atoms with Crippen molar-refractivity contribution >= 4 is 39.2 Å². The molecule has 0 aromatic heterocycles. The number of fused-ring (bicyclic) bond motifs is 1. The Balaban J connectivity index is 1.72. The molecular weight excluding hydrogens is 502 g/mol. The molecule has 3 aromatic carbocycles. The molecule has 0 radical (unpaired) electrons. The third kappa shape index (κ3) is 4.44. The first-order valence-electron chi connectivity index (χ1n) is 10.6. The quantitative estimate of drug-likeness (QED) is 0.425. The van der Waals surface area contributed by atoms with Gasteiger partial charge >= 0.3 is 6.03 Å². The van der Waals surface area contributed by atoms with E-state index in [1.807, 2.05) is 19.1 Å². The van der Waals surface area contributed by atoms with E-state index in [4.69, 9.17) is 9.47 Å². The monoisotopic (exact) mass is 525 g/mol. The summed E-state index contributed by atoms with van der Waals surface area (Å²) < 4.78 is 11.3. The second-order valence-electron chi connectivity index (χ2n) is 7.59. The van der Waals surface area contributed by atoms with Gasteiger partial charge in [-0.15, -0.1) is 0 Å². The van der Waals surface area contributed by atoms with Gasteiger partial charge in [-0.3, -0.25) is 9.69 Å². The number of hydrogen-bond donors (Lipinski definition) is 3. The molecule has 0 saturated carbocycles. The number of carbonyl (C=O) groups excluding carboxylic acids is 2. The Hall–Kier alpha value is -3.56. The summed E-state index contributed by atoms with van der Waals surface area (Å²) >= 11 is 3.40. The zero-order valence-electron chi connectivity index (χ0n) is 18.7. The Bertz CT molecular complexity index is 1200. The predicted octanol–water partition coefficient (Wildman–Crippen LogP) is 4.37. The number of methoxy groups -OCH3 is 1. The van der Waals surface area contributed by atoms with Crippen LogP contribution in [0.4, 0.5) is 16.2 Å². The molecule has 0 fully saturated rings. The summed E-state index contributed by atoms with van der Waals surface area (Å²) in [6.07, 6.45) is 0. The van der Waals surface area contributed by atoms with E-state index in [9.17, 15) is 14.7 Å². The zero-order valence-corrected chi connectivity index (χ0v) is 20.3. The molecule has 1 heterocycles. The van der Waals surface area contributed by atoms with Crippen LogP contribution >= 0.6 is 15.9 Å². The van der Waals surface area contributed by atoms with Gasteiger partial charge in [0.05, 0.1) is 19.4 Å². The molecule has 34 heavy (non-hydrogen) atoms. The minimum Gasteiger partial charge on any atom is -0.497 e. The maximum absolute atomic E-state index is 13.5. The van der Waals surface area contributed by atoms with Crippen molar-refractivity contribution in [2.24, 2.45) is 0 Å². The number of anilines is 2. The molecule has 3 amide bonds. The first-order valence-corrected chi connectivity index (χ1v) is 11.4. The van der Waals surface area contributed by atoms with Crippen LogP contribution in [-0.4, -0.2) is 30.8 Å². The number of nitrogens with one attached hydrogen (secondary N) is 2. The van der Waals surface area contributed by atoms with Crippen LogP contribution in [-0.2, 0) is 17.1 Å². The molecule has 1 aliphatic rings. The standard InChI is InChI=1S/C25H24BrN3O5/c1-3-34-20-11-7-18(8-12-20)29-24(31)28-22-13-6-17(26)14-21(22)25(29,32)23(30)27-15-16-4-9-19(33-2)10-5-16/h4-14,32H,3,15H2,1-2H3,(H,27,30)(H,28,31)/t25-/m0/s1. The van der Waals surface area contributed by atoms with Crippen LogP contribution < -0.4 is 25.0 Å². The lowest BCUT2D eigenvalue weighted by atomic mass is 9.94. The highest BCUT2D eigenvalue weighted by molar-refractivity contribution is 9.10. The molecule has 3 N–H and O–H groups in total. The van der Waals surface area contributed by atoms with Crippen LogP contribution in [0, 0.1) is 0 Å². The van der Waals surface area contributed by atoms with Gasteiger partial charge in [0, 0.05) is 22.3 Å². The average Bonchev–Trinajstić information content (AvgIpc) is 2.84. The summed E-state index contributed by atoms with van der Waals surface area (Å²) in [5.41, 5.74) is -0.588. The molecule has 0 unspecified atom stereocenters. The van der Waals surface area contributed by atoms with Crippen molar-refractivity contribution in [1.82, 2.24) is 5.32 Å². The Morgan fingerprint density at radius 3 is 2.41 bits per heavy atom. The average molecular weight is 526 g/mol. The lowest BCUT2D eigenvalue weighted by Gasteiger charge is -2.42. The van der Waals surface area contributed by atoms with Gasteiger partial charge in [0.25, 0.3) is 11.6 Å². The van der Waals surface area contributed by atoms with E-state index in [-0.39, 0.29) is 12.1 Å². The van der Waals surface area contributed by atoms with Crippen LogP contribution in [0.1, 0.15) is 18.1 Å². The highest BCUT2D eigenvalue weighted by Crippen LogP contribution is 2.41. The molecule has 9 heteroatoms. The summed E-state index contributed by atoms with van der Waals surface area (Å²) in [6.45, 7) is 2.50.